The molecule has 0 saturated carbocycles. The molecule has 1 atom stereocenters. The normalized spacial score (nSPS) is 27.0. The summed E-state index contributed by atoms with van der Waals surface area (Å²) in [6.07, 6.45) is 0. The Morgan fingerprint density at radius 1 is 1.25 bits per heavy atom. The molecule has 0 spiro atoms. The minimum absolute atomic E-state index is 0.729. The van der Waals surface area contributed by atoms with Gasteiger partial charge in [-0.3, -0.25) is 4.90 Å². The highest BCUT2D eigenvalue weighted by Crippen LogP contribution is 2.25. The van der Waals surface area contributed by atoms with E-state index in [4.69, 9.17) is 0 Å². The predicted octanol–water partition coefficient (Wildman–Crippen LogP) is 2.47. The standard InChI is InChI=1S/C10H21NS/c1-8(2)10-7-11(9(3)4)5-6-12-10/h8-10H,5-7H2,1-4H3/t10-/m1/s1. The van der Waals surface area contributed by atoms with Crippen LogP contribution in [0.15, 0.2) is 0 Å². The van der Waals surface area contributed by atoms with Gasteiger partial charge in [0, 0.05) is 30.1 Å². The molecule has 1 rings (SSSR count). The van der Waals surface area contributed by atoms with Crippen LogP contribution in [0.4, 0.5) is 0 Å². The lowest BCUT2D eigenvalue weighted by molar-refractivity contribution is 0.219. The zero-order chi connectivity index (χ0) is 9.14. The fourth-order valence-corrected chi connectivity index (χ4v) is 2.89. The van der Waals surface area contributed by atoms with E-state index in [1.54, 1.807) is 0 Å². The van der Waals surface area contributed by atoms with E-state index in [2.05, 4.69) is 44.4 Å². The molecule has 0 aromatic heterocycles. The smallest absolute Gasteiger partial charge is 0.0198 e. The third kappa shape index (κ3) is 2.67. The summed E-state index contributed by atoms with van der Waals surface area (Å²) in [7, 11) is 0. The molecule has 1 heterocycles. The van der Waals surface area contributed by atoms with Gasteiger partial charge in [0.25, 0.3) is 0 Å². The Balaban J connectivity index is 2.40. The van der Waals surface area contributed by atoms with Crippen molar-refractivity contribution < 1.29 is 0 Å². The minimum Gasteiger partial charge on any atom is -0.299 e. The zero-order valence-electron chi connectivity index (χ0n) is 8.71. The minimum atomic E-state index is 0.729. The fourth-order valence-electron chi connectivity index (χ4n) is 1.57. The Morgan fingerprint density at radius 2 is 1.92 bits per heavy atom. The van der Waals surface area contributed by atoms with Crippen molar-refractivity contribution in [2.24, 2.45) is 5.92 Å². The third-order valence-electron chi connectivity index (χ3n) is 2.60. The summed E-state index contributed by atoms with van der Waals surface area (Å²) >= 11 is 2.15. The monoisotopic (exact) mass is 187 g/mol. The maximum absolute atomic E-state index is 2.60. The molecule has 0 amide bonds. The molecule has 1 fully saturated rings. The first-order valence-corrected chi connectivity index (χ1v) is 6.01. The maximum atomic E-state index is 2.60. The van der Waals surface area contributed by atoms with Crippen molar-refractivity contribution in [3.63, 3.8) is 0 Å². The Morgan fingerprint density at radius 3 is 2.42 bits per heavy atom. The molecule has 0 bridgehead atoms. The van der Waals surface area contributed by atoms with E-state index in [0.29, 0.717) is 0 Å². The van der Waals surface area contributed by atoms with Crippen molar-refractivity contribution in [2.75, 3.05) is 18.8 Å². The highest BCUT2D eigenvalue weighted by molar-refractivity contribution is 8.00. The number of rotatable bonds is 2. The lowest BCUT2D eigenvalue weighted by atomic mass is 10.1. The number of thioether (sulfide) groups is 1. The summed E-state index contributed by atoms with van der Waals surface area (Å²) in [4.78, 5) is 2.60. The van der Waals surface area contributed by atoms with Crippen LogP contribution in [-0.2, 0) is 0 Å². The van der Waals surface area contributed by atoms with E-state index in [9.17, 15) is 0 Å². The quantitative estimate of drug-likeness (QED) is 0.653. The van der Waals surface area contributed by atoms with Gasteiger partial charge in [0.2, 0.25) is 0 Å². The molecule has 0 aromatic carbocycles. The second-order valence-corrected chi connectivity index (χ2v) is 5.59. The van der Waals surface area contributed by atoms with Gasteiger partial charge in [-0.05, 0) is 19.8 Å². The first-order valence-electron chi connectivity index (χ1n) is 4.97. The lowest BCUT2D eigenvalue weighted by Crippen LogP contribution is -2.43. The van der Waals surface area contributed by atoms with Crippen LogP contribution in [0.3, 0.4) is 0 Å². The maximum Gasteiger partial charge on any atom is 0.0198 e. The van der Waals surface area contributed by atoms with Crippen LogP contribution in [0.1, 0.15) is 27.7 Å². The summed E-state index contributed by atoms with van der Waals surface area (Å²) in [5.74, 6) is 2.15. The summed E-state index contributed by atoms with van der Waals surface area (Å²) in [5.41, 5.74) is 0. The van der Waals surface area contributed by atoms with Gasteiger partial charge in [0.1, 0.15) is 0 Å². The molecule has 1 nitrogen and oxygen atoms in total. The summed E-state index contributed by atoms with van der Waals surface area (Å²) in [6, 6.07) is 0.729. The molecule has 1 saturated heterocycles. The van der Waals surface area contributed by atoms with E-state index >= 15 is 0 Å². The van der Waals surface area contributed by atoms with Crippen LogP contribution in [0.5, 0.6) is 0 Å². The third-order valence-corrected chi connectivity index (χ3v) is 4.14. The Hall–Kier alpha value is 0.310. The molecule has 0 aromatic rings. The molecule has 0 radical (unpaired) electrons. The highest BCUT2D eigenvalue weighted by atomic mass is 32.2. The van der Waals surface area contributed by atoms with Crippen LogP contribution in [0.25, 0.3) is 0 Å². The van der Waals surface area contributed by atoms with Gasteiger partial charge in [0.05, 0.1) is 0 Å². The van der Waals surface area contributed by atoms with Gasteiger partial charge in [-0.1, -0.05) is 13.8 Å². The largest absolute Gasteiger partial charge is 0.299 e. The topological polar surface area (TPSA) is 3.24 Å². The van der Waals surface area contributed by atoms with Gasteiger partial charge in [-0.15, -0.1) is 0 Å². The summed E-state index contributed by atoms with van der Waals surface area (Å²) in [5, 5.41) is 0.862. The Labute approximate surface area is 80.9 Å². The predicted molar refractivity (Wildman–Crippen MR) is 57.8 cm³/mol. The first kappa shape index (κ1) is 10.4. The Kier molecular flexibility index (Phi) is 3.91. The second kappa shape index (κ2) is 4.52. The number of hydrogen-bond donors (Lipinski definition) is 0. The van der Waals surface area contributed by atoms with Crippen LogP contribution in [0, 0.1) is 5.92 Å². The van der Waals surface area contributed by atoms with Gasteiger partial charge in [-0.25, -0.2) is 0 Å². The molecular formula is C10H21NS. The van der Waals surface area contributed by atoms with Crippen molar-refractivity contribution in [3.8, 4) is 0 Å². The summed E-state index contributed by atoms with van der Waals surface area (Å²) < 4.78 is 0. The SMILES string of the molecule is CC(C)[C@H]1CN(C(C)C)CCS1. The van der Waals surface area contributed by atoms with Gasteiger partial charge < -0.3 is 0 Å². The molecule has 2 heteroatoms. The average molecular weight is 187 g/mol. The van der Waals surface area contributed by atoms with Gasteiger partial charge in [0.15, 0.2) is 0 Å². The number of nitrogens with zero attached hydrogens (tertiary/aromatic N) is 1. The number of hydrogen-bond acceptors (Lipinski definition) is 2. The second-order valence-electron chi connectivity index (χ2n) is 4.24. The molecule has 1 aliphatic rings. The van der Waals surface area contributed by atoms with E-state index in [-0.39, 0.29) is 0 Å². The Bertz CT molecular complexity index is 120. The molecular weight excluding hydrogens is 166 g/mol. The zero-order valence-corrected chi connectivity index (χ0v) is 9.53. The van der Waals surface area contributed by atoms with Gasteiger partial charge in [-0.2, -0.15) is 11.8 Å². The first-order chi connectivity index (χ1) is 5.61. The van der Waals surface area contributed by atoms with Crippen LogP contribution >= 0.6 is 11.8 Å². The molecule has 12 heavy (non-hydrogen) atoms. The molecule has 0 aliphatic carbocycles. The van der Waals surface area contributed by atoms with E-state index < -0.39 is 0 Å². The average Bonchev–Trinajstić information content (AvgIpc) is 2.04. The van der Waals surface area contributed by atoms with Crippen molar-refractivity contribution in [2.45, 2.75) is 39.0 Å². The highest BCUT2D eigenvalue weighted by Gasteiger charge is 2.23. The van der Waals surface area contributed by atoms with Crippen LogP contribution in [0.2, 0.25) is 0 Å². The van der Waals surface area contributed by atoms with Gasteiger partial charge >= 0.3 is 0 Å². The lowest BCUT2D eigenvalue weighted by Gasteiger charge is -2.36. The summed E-state index contributed by atoms with van der Waals surface area (Å²) in [6.45, 7) is 11.8. The van der Waals surface area contributed by atoms with Crippen LogP contribution < -0.4 is 0 Å². The fraction of sp³-hybridized carbons (Fsp3) is 1.00. The van der Waals surface area contributed by atoms with E-state index in [1.165, 1.54) is 18.8 Å². The van der Waals surface area contributed by atoms with E-state index in [0.717, 1.165) is 17.2 Å². The van der Waals surface area contributed by atoms with Crippen molar-refractivity contribution in [1.29, 1.82) is 0 Å². The van der Waals surface area contributed by atoms with Crippen LogP contribution in [-0.4, -0.2) is 35.0 Å². The van der Waals surface area contributed by atoms with Crippen molar-refractivity contribution in [1.82, 2.24) is 4.90 Å². The van der Waals surface area contributed by atoms with Crippen molar-refractivity contribution >= 4 is 11.8 Å². The molecule has 0 unspecified atom stereocenters. The van der Waals surface area contributed by atoms with Crippen molar-refractivity contribution in [3.05, 3.63) is 0 Å². The molecule has 72 valence electrons. The molecule has 1 aliphatic heterocycles. The van der Waals surface area contributed by atoms with E-state index in [1.807, 2.05) is 0 Å². The molecule has 0 N–H and O–H groups in total.